The number of nitrogens with zero attached hydrogens (tertiary/aromatic N) is 4. The van der Waals surface area contributed by atoms with Crippen molar-refractivity contribution in [2.45, 2.75) is 39.8 Å². The fraction of sp³-hybridized carbons (Fsp3) is 0.727. The van der Waals surface area contributed by atoms with E-state index in [1.54, 1.807) is 14.1 Å². The molecule has 1 rings (SSSR count). The minimum Gasteiger partial charge on any atom is -0.343 e. The smallest absolute Gasteiger partial charge is 0.339 e. The Hall–Kier alpha value is -0.950. The minimum atomic E-state index is -0.0813. The first kappa shape index (κ1) is 15.1. The molecular weight excluding hydrogens is 268 g/mol. The first-order chi connectivity index (χ1) is 8.25. The summed E-state index contributed by atoms with van der Waals surface area (Å²) in [6.45, 7) is 8.31. The van der Waals surface area contributed by atoms with Crippen LogP contribution in [0.2, 0.25) is 0 Å². The van der Waals surface area contributed by atoms with E-state index in [9.17, 15) is 4.79 Å². The van der Waals surface area contributed by atoms with E-state index in [0.29, 0.717) is 9.91 Å². The van der Waals surface area contributed by atoms with Crippen LogP contribution in [0.5, 0.6) is 0 Å². The second-order valence-electron chi connectivity index (χ2n) is 4.70. The molecule has 7 heteroatoms. The Labute approximate surface area is 117 Å². The molecule has 0 radical (unpaired) electrons. The van der Waals surface area contributed by atoms with Gasteiger partial charge in [0.25, 0.3) is 0 Å². The highest BCUT2D eigenvalue weighted by Crippen LogP contribution is 2.07. The average Bonchev–Trinajstić information content (AvgIpc) is 2.45. The van der Waals surface area contributed by atoms with E-state index in [2.05, 4.69) is 37.6 Å². The van der Waals surface area contributed by atoms with Gasteiger partial charge in [-0.2, -0.15) is 4.99 Å². The van der Waals surface area contributed by atoms with Crippen LogP contribution in [0.3, 0.4) is 0 Å². The van der Waals surface area contributed by atoms with Crippen molar-refractivity contribution in [2.75, 3.05) is 0 Å². The van der Waals surface area contributed by atoms with Crippen molar-refractivity contribution < 1.29 is 0 Å². The zero-order valence-corrected chi connectivity index (χ0v) is 13.3. The van der Waals surface area contributed by atoms with Gasteiger partial charge in [-0.25, -0.2) is 8.75 Å². The van der Waals surface area contributed by atoms with E-state index in [4.69, 9.17) is 12.2 Å². The summed E-state index contributed by atoms with van der Waals surface area (Å²) in [5.41, 5.74) is -0.0813. The van der Waals surface area contributed by atoms with E-state index in [0.717, 1.165) is 0 Å². The van der Waals surface area contributed by atoms with Crippen molar-refractivity contribution in [1.29, 1.82) is 0 Å². The fourth-order valence-electron chi connectivity index (χ4n) is 1.79. The Balaban J connectivity index is 3.19. The van der Waals surface area contributed by atoms with E-state index in [-0.39, 0.29) is 17.8 Å². The number of thiocarbonyl (C=S) groups is 1. The SMILES string of the molecule is CC(C)N(C(=S)/N=c1\sn(C)c(=O)n1C)C(C)C. The number of hydrogen-bond acceptors (Lipinski definition) is 3. The Morgan fingerprint density at radius 3 is 2.11 bits per heavy atom. The molecule has 18 heavy (non-hydrogen) atoms. The van der Waals surface area contributed by atoms with Crippen molar-refractivity contribution in [2.24, 2.45) is 19.1 Å². The Morgan fingerprint density at radius 1 is 1.28 bits per heavy atom. The van der Waals surface area contributed by atoms with Crippen LogP contribution in [-0.2, 0) is 14.1 Å². The highest BCUT2D eigenvalue weighted by atomic mass is 32.1. The van der Waals surface area contributed by atoms with Crippen LogP contribution in [0.4, 0.5) is 0 Å². The summed E-state index contributed by atoms with van der Waals surface area (Å²) in [5, 5.41) is 0.525. The molecule has 1 aromatic rings. The van der Waals surface area contributed by atoms with Crippen molar-refractivity contribution in [3.8, 4) is 0 Å². The van der Waals surface area contributed by atoms with Crippen LogP contribution in [0, 0.1) is 0 Å². The van der Waals surface area contributed by atoms with E-state index < -0.39 is 0 Å². The molecule has 0 N–H and O–H groups in total. The molecule has 0 saturated heterocycles. The summed E-state index contributed by atoms with van der Waals surface area (Å²) < 4.78 is 3.05. The quantitative estimate of drug-likeness (QED) is 0.765. The summed E-state index contributed by atoms with van der Waals surface area (Å²) in [5.74, 6) is 0. The predicted octanol–water partition coefficient (Wildman–Crippen LogP) is 1.09. The molecule has 0 aromatic carbocycles. The topological polar surface area (TPSA) is 42.5 Å². The maximum Gasteiger partial charge on any atom is 0.339 e. The maximum absolute atomic E-state index is 11.6. The van der Waals surface area contributed by atoms with Crippen LogP contribution in [0.15, 0.2) is 9.79 Å². The molecule has 0 aliphatic carbocycles. The number of hydrogen-bond donors (Lipinski definition) is 0. The molecule has 102 valence electrons. The number of aromatic nitrogens is 2. The second-order valence-corrected chi connectivity index (χ2v) is 6.16. The third-order valence-electron chi connectivity index (χ3n) is 2.59. The molecule has 0 saturated carbocycles. The van der Waals surface area contributed by atoms with Gasteiger partial charge in [0.15, 0.2) is 5.11 Å². The molecule has 0 amide bonds. The predicted molar refractivity (Wildman–Crippen MR) is 78.8 cm³/mol. The standard InChI is InChI=1S/C11H20N4OS2/c1-7(2)15(8(3)4)9(17)12-10-13(5)11(16)14(6)18-10/h7-8H,1-6H3/b12-10-. The van der Waals surface area contributed by atoms with Gasteiger partial charge < -0.3 is 4.90 Å². The summed E-state index contributed by atoms with van der Waals surface area (Å²) >= 11 is 6.66. The fourth-order valence-corrected chi connectivity index (χ4v) is 3.13. The van der Waals surface area contributed by atoms with E-state index in [1.807, 2.05) is 0 Å². The summed E-state index contributed by atoms with van der Waals surface area (Å²) in [7, 11) is 3.42. The van der Waals surface area contributed by atoms with Crippen molar-refractivity contribution in [3.63, 3.8) is 0 Å². The summed E-state index contributed by atoms with van der Waals surface area (Å²) in [4.78, 5) is 18.7. The lowest BCUT2D eigenvalue weighted by atomic mass is 10.2. The highest BCUT2D eigenvalue weighted by Gasteiger charge is 2.16. The maximum atomic E-state index is 11.6. The molecule has 0 bridgehead atoms. The number of aryl methyl sites for hydroxylation is 1. The van der Waals surface area contributed by atoms with E-state index in [1.165, 1.54) is 20.1 Å². The van der Waals surface area contributed by atoms with Crippen LogP contribution in [-0.4, -0.2) is 30.6 Å². The van der Waals surface area contributed by atoms with Crippen molar-refractivity contribution in [3.05, 3.63) is 15.3 Å². The number of rotatable bonds is 2. The zero-order chi connectivity index (χ0) is 14.0. The molecule has 1 heterocycles. The lowest BCUT2D eigenvalue weighted by molar-refractivity contribution is 0.294. The van der Waals surface area contributed by atoms with Gasteiger partial charge >= 0.3 is 5.69 Å². The molecular formula is C11H20N4OS2. The Morgan fingerprint density at radius 2 is 1.78 bits per heavy atom. The average molecular weight is 288 g/mol. The van der Waals surface area contributed by atoms with Crippen LogP contribution in [0.1, 0.15) is 27.7 Å². The molecule has 0 spiro atoms. The van der Waals surface area contributed by atoms with Gasteiger partial charge in [0, 0.05) is 26.2 Å². The molecule has 1 aromatic heterocycles. The van der Waals surface area contributed by atoms with Crippen molar-refractivity contribution >= 4 is 28.9 Å². The van der Waals surface area contributed by atoms with Gasteiger partial charge in [0.1, 0.15) is 0 Å². The molecule has 5 nitrogen and oxygen atoms in total. The van der Waals surface area contributed by atoms with Gasteiger partial charge in [0.2, 0.25) is 4.80 Å². The lowest BCUT2D eigenvalue weighted by Crippen LogP contribution is -2.41. The van der Waals surface area contributed by atoms with Crippen LogP contribution in [0.25, 0.3) is 0 Å². The van der Waals surface area contributed by atoms with E-state index >= 15 is 0 Å². The molecule has 0 atom stereocenters. The normalized spacial score (nSPS) is 12.6. The molecule has 0 aliphatic heterocycles. The largest absolute Gasteiger partial charge is 0.343 e. The first-order valence-corrected chi connectivity index (χ1v) is 7.04. The van der Waals surface area contributed by atoms with Gasteiger partial charge in [-0.3, -0.25) is 4.57 Å². The summed E-state index contributed by atoms with van der Waals surface area (Å²) in [6.07, 6.45) is 0. The Bertz CT molecular complexity index is 542. The summed E-state index contributed by atoms with van der Waals surface area (Å²) in [6, 6.07) is 0.569. The van der Waals surface area contributed by atoms with Gasteiger partial charge in [-0.05, 0) is 51.4 Å². The van der Waals surface area contributed by atoms with Crippen LogP contribution < -0.4 is 10.5 Å². The second kappa shape index (κ2) is 5.79. The van der Waals surface area contributed by atoms with Gasteiger partial charge in [-0.15, -0.1) is 0 Å². The van der Waals surface area contributed by atoms with Crippen LogP contribution >= 0.6 is 23.8 Å². The monoisotopic (exact) mass is 288 g/mol. The lowest BCUT2D eigenvalue weighted by Gasteiger charge is -2.30. The minimum absolute atomic E-state index is 0.0813. The molecule has 0 fully saturated rings. The highest BCUT2D eigenvalue weighted by molar-refractivity contribution is 7.80. The third-order valence-corrected chi connectivity index (χ3v) is 3.85. The first-order valence-electron chi connectivity index (χ1n) is 5.86. The Kier molecular flexibility index (Phi) is 4.86. The molecule has 0 unspecified atom stereocenters. The molecule has 0 aliphatic rings. The van der Waals surface area contributed by atoms with Crippen molar-refractivity contribution in [1.82, 2.24) is 13.4 Å². The van der Waals surface area contributed by atoms with Gasteiger partial charge in [-0.1, -0.05) is 0 Å². The zero-order valence-electron chi connectivity index (χ0n) is 11.7. The third kappa shape index (κ3) is 3.08. The van der Waals surface area contributed by atoms with Gasteiger partial charge in [0.05, 0.1) is 0 Å².